The molecular weight excluding hydrogens is 402 g/mol. The lowest BCUT2D eigenvalue weighted by atomic mass is 10.2. The van der Waals surface area contributed by atoms with E-state index in [1.165, 1.54) is 11.3 Å². The van der Waals surface area contributed by atoms with Crippen molar-refractivity contribution < 1.29 is 14.3 Å². The van der Waals surface area contributed by atoms with Gasteiger partial charge in [0.25, 0.3) is 5.56 Å². The number of hydrogen-bond acceptors (Lipinski definition) is 9. The SMILES string of the molecule is CCOC(=O)c1ccc2nc(NC(=O)C(C)Sc3nnc(C)c(=O)[nH]3)sc2c1. The fourth-order valence-corrected chi connectivity index (χ4v) is 3.83. The largest absolute Gasteiger partial charge is 0.462 e. The Morgan fingerprint density at radius 3 is 2.86 bits per heavy atom. The zero-order valence-electron chi connectivity index (χ0n) is 15.3. The molecule has 2 N–H and O–H groups in total. The lowest BCUT2D eigenvalue weighted by Gasteiger charge is -2.08. The van der Waals surface area contributed by atoms with E-state index in [9.17, 15) is 14.4 Å². The molecule has 1 unspecified atom stereocenters. The number of rotatable bonds is 6. The van der Waals surface area contributed by atoms with Crippen molar-refractivity contribution in [2.24, 2.45) is 0 Å². The van der Waals surface area contributed by atoms with Gasteiger partial charge in [-0.1, -0.05) is 23.1 Å². The topological polar surface area (TPSA) is 127 Å². The Balaban J connectivity index is 1.70. The number of aryl methyl sites for hydroxylation is 1. The van der Waals surface area contributed by atoms with Gasteiger partial charge in [0.15, 0.2) is 10.3 Å². The van der Waals surface area contributed by atoms with Gasteiger partial charge in [-0.15, -0.1) is 10.2 Å². The Labute approximate surface area is 167 Å². The van der Waals surface area contributed by atoms with Gasteiger partial charge >= 0.3 is 5.97 Å². The molecule has 0 radical (unpaired) electrons. The van der Waals surface area contributed by atoms with Gasteiger partial charge in [-0.2, -0.15) is 0 Å². The highest BCUT2D eigenvalue weighted by atomic mass is 32.2. The standard InChI is InChI=1S/C17H17N5O4S2/c1-4-26-15(25)10-5-6-11-12(7-10)28-16(18-11)20-14(24)9(3)27-17-19-13(23)8(2)21-22-17/h5-7,9H,4H2,1-3H3,(H,18,20,24)(H,19,22,23). The molecule has 0 aliphatic rings. The smallest absolute Gasteiger partial charge is 0.338 e. The zero-order valence-corrected chi connectivity index (χ0v) is 16.9. The van der Waals surface area contributed by atoms with Crippen molar-refractivity contribution in [3.05, 3.63) is 39.8 Å². The van der Waals surface area contributed by atoms with Crippen LogP contribution in [-0.2, 0) is 9.53 Å². The molecule has 0 spiro atoms. The number of hydrogen-bond donors (Lipinski definition) is 2. The van der Waals surface area contributed by atoms with Gasteiger partial charge in [0.05, 0.1) is 27.6 Å². The summed E-state index contributed by atoms with van der Waals surface area (Å²) in [6.07, 6.45) is 0. The minimum atomic E-state index is -0.533. The molecule has 3 aromatic rings. The maximum atomic E-state index is 12.4. The van der Waals surface area contributed by atoms with E-state index in [2.05, 4.69) is 25.5 Å². The molecule has 11 heteroatoms. The Hall–Kier alpha value is -2.79. The second kappa shape index (κ2) is 8.48. The molecule has 28 heavy (non-hydrogen) atoms. The van der Waals surface area contributed by atoms with Crippen LogP contribution in [0.15, 0.2) is 28.2 Å². The molecule has 0 saturated heterocycles. The summed E-state index contributed by atoms with van der Waals surface area (Å²) in [4.78, 5) is 42.8. The van der Waals surface area contributed by atoms with Crippen LogP contribution in [0, 0.1) is 6.92 Å². The number of thiazole rings is 1. The van der Waals surface area contributed by atoms with E-state index in [4.69, 9.17) is 4.74 Å². The fourth-order valence-electron chi connectivity index (χ4n) is 2.18. The third kappa shape index (κ3) is 4.54. The van der Waals surface area contributed by atoms with Crippen LogP contribution in [0.2, 0.25) is 0 Å². The molecule has 1 atom stereocenters. The quantitative estimate of drug-likeness (QED) is 0.460. The Bertz CT molecular complexity index is 1090. The number of carbonyl (C=O) groups excluding carboxylic acids is 2. The fraction of sp³-hybridized carbons (Fsp3) is 0.294. The number of esters is 1. The molecule has 0 bridgehead atoms. The van der Waals surface area contributed by atoms with Crippen LogP contribution in [-0.4, -0.2) is 43.9 Å². The second-order valence-electron chi connectivity index (χ2n) is 5.72. The summed E-state index contributed by atoms with van der Waals surface area (Å²) in [5.41, 5.74) is 1.02. The summed E-state index contributed by atoms with van der Waals surface area (Å²) in [5, 5.41) is 10.5. The van der Waals surface area contributed by atoms with E-state index in [1.54, 1.807) is 39.0 Å². The van der Waals surface area contributed by atoms with E-state index in [0.717, 1.165) is 16.5 Å². The van der Waals surface area contributed by atoms with Crippen LogP contribution in [0.4, 0.5) is 5.13 Å². The summed E-state index contributed by atoms with van der Waals surface area (Å²) >= 11 is 2.34. The summed E-state index contributed by atoms with van der Waals surface area (Å²) in [6, 6.07) is 5.03. The number of H-pyrrole nitrogens is 1. The molecule has 2 heterocycles. The minimum Gasteiger partial charge on any atom is -0.462 e. The van der Waals surface area contributed by atoms with Crippen molar-refractivity contribution in [2.45, 2.75) is 31.2 Å². The lowest BCUT2D eigenvalue weighted by molar-refractivity contribution is -0.115. The highest BCUT2D eigenvalue weighted by molar-refractivity contribution is 8.00. The number of amides is 1. The van der Waals surface area contributed by atoms with Gasteiger partial charge in [0.1, 0.15) is 5.69 Å². The van der Waals surface area contributed by atoms with E-state index in [-0.39, 0.29) is 22.3 Å². The van der Waals surface area contributed by atoms with Crippen LogP contribution in [0.25, 0.3) is 10.2 Å². The summed E-state index contributed by atoms with van der Waals surface area (Å²) < 4.78 is 5.75. The minimum absolute atomic E-state index is 0.262. The van der Waals surface area contributed by atoms with E-state index in [1.807, 2.05) is 0 Å². The maximum absolute atomic E-state index is 12.4. The summed E-state index contributed by atoms with van der Waals surface area (Å²) in [6.45, 7) is 5.28. The van der Waals surface area contributed by atoms with Crippen molar-refractivity contribution in [3.63, 3.8) is 0 Å². The number of fused-ring (bicyclic) bond motifs is 1. The number of thioether (sulfide) groups is 1. The number of anilines is 1. The zero-order chi connectivity index (χ0) is 20.3. The first-order valence-corrected chi connectivity index (χ1v) is 10.1. The maximum Gasteiger partial charge on any atom is 0.338 e. The Morgan fingerprint density at radius 2 is 2.14 bits per heavy atom. The average Bonchev–Trinajstić information content (AvgIpc) is 3.06. The number of benzene rings is 1. The third-order valence-corrected chi connectivity index (χ3v) is 5.54. The van der Waals surface area contributed by atoms with Crippen molar-refractivity contribution >= 4 is 50.3 Å². The first-order chi connectivity index (χ1) is 13.4. The van der Waals surface area contributed by atoms with Gasteiger partial charge in [-0.05, 0) is 39.0 Å². The van der Waals surface area contributed by atoms with Crippen molar-refractivity contribution in [2.75, 3.05) is 11.9 Å². The Morgan fingerprint density at radius 1 is 1.36 bits per heavy atom. The summed E-state index contributed by atoms with van der Waals surface area (Å²) in [5.74, 6) is -0.695. The molecule has 2 aromatic heterocycles. The van der Waals surface area contributed by atoms with Crippen molar-refractivity contribution in [1.82, 2.24) is 20.2 Å². The predicted molar refractivity (Wildman–Crippen MR) is 107 cm³/mol. The van der Waals surface area contributed by atoms with Crippen molar-refractivity contribution in [1.29, 1.82) is 0 Å². The normalized spacial score (nSPS) is 12.0. The van der Waals surface area contributed by atoms with Crippen LogP contribution >= 0.6 is 23.1 Å². The van der Waals surface area contributed by atoms with Crippen LogP contribution in [0.3, 0.4) is 0 Å². The number of nitrogens with zero attached hydrogens (tertiary/aromatic N) is 3. The van der Waals surface area contributed by atoms with Gasteiger partial charge in [0, 0.05) is 0 Å². The highest BCUT2D eigenvalue weighted by Crippen LogP contribution is 2.28. The highest BCUT2D eigenvalue weighted by Gasteiger charge is 2.18. The predicted octanol–water partition coefficient (Wildman–Crippen LogP) is 2.38. The average molecular weight is 419 g/mol. The molecule has 1 aromatic carbocycles. The van der Waals surface area contributed by atoms with Gasteiger partial charge in [0.2, 0.25) is 5.91 Å². The molecule has 0 aliphatic heterocycles. The molecular formula is C17H17N5O4S2. The summed E-state index contributed by atoms with van der Waals surface area (Å²) in [7, 11) is 0. The van der Waals surface area contributed by atoms with Crippen LogP contribution < -0.4 is 10.9 Å². The van der Waals surface area contributed by atoms with E-state index >= 15 is 0 Å². The number of aromatic nitrogens is 4. The third-order valence-electron chi connectivity index (χ3n) is 3.63. The van der Waals surface area contributed by atoms with Gasteiger partial charge < -0.3 is 10.1 Å². The second-order valence-corrected chi connectivity index (χ2v) is 8.08. The number of nitrogens with one attached hydrogen (secondary N) is 2. The molecule has 0 fully saturated rings. The van der Waals surface area contributed by atoms with E-state index < -0.39 is 11.2 Å². The number of carbonyl (C=O) groups is 2. The molecule has 1 amide bonds. The first kappa shape index (κ1) is 20.0. The van der Waals surface area contributed by atoms with Crippen LogP contribution in [0.1, 0.15) is 29.9 Å². The van der Waals surface area contributed by atoms with Crippen LogP contribution in [0.5, 0.6) is 0 Å². The molecule has 0 saturated carbocycles. The first-order valence-electron chi connectivity index (χ1n) is 8.36. The van der Waals surface area contributed by atoms with Gasteiger partial charge in [-0.25, -0.2) is 9.78 Å². The molecule has 0 aliphatic carbocycles. The lowest BCUT2D eigenvalue weighted by Crippen LogP contribution is -2.23. The number of ether oxygens (including phenoxy) is 1. The number of aromatic amines is 1. The monoisotopic (exact) mass is 419 g/mol. The molecule has 9 nitrogen and oxygen atoms in total. The molecule has 3 rings (SSSR count). The Kier molecular flexibility index (Phi) is 6.05. The van der Waals surface area contributed by atoms with Crippen molar-refractivity contribution in [3.8, 4) is 0 Å². The van der Waals surface area contributed by atoms with Gasteiger partial charge in [-0.3, -0.25) is 14.6 Å². The molecule has 146 valence electrons. The van der Waals surface area contributed by atoms with E-state index in [0.29, 0.717) is 22.8 Å².